The van der Waals surface area contributed by atoms with E-state index in [1.54, 1.807) is 0 Å². The summed E-state index contributed by atoms with van der Waals surface area (Å²) in [7, 11) is 2.16. The monoisotopic (exact) mass is 196 g/mol. The lowest BCUT2D eigenvalue weighted by molar-refractivity contribution is -0.677. The van der Waals surface area contributed by atoms with Crippen molar-refractivity contribution in [1.29, 1.82) is 0 Å². The molecule has 0 spiro atoms. The molecule has 1 aliphatic rings. The summed E-state index contributed by atoms with van der Waals surface area (Å²) in [5.74, 6) is 0.779. The molecule has 0 N–H and O–H groups in total. The molecule has 0 saturated carbocycles. The summed E-state index contributed by atoms with van der Waals surface area (Å²) in [6.07, 6.45) is 3.53. The molecular weight excluding hydrogens is 181 g/mol. The Kier molecular flexibility index (Phi) is 1.85. The lowest BCUT2D eigenvalue weighted by atomic mass is 9.70. The van der Waals surface area contributed by atoms with Gasteiger partial charge in [0.15, 0.2) is 18.6 Å². The number of pyridine rings is 1. The fourth-order valence-corrected chi connectivity index (χ4v) is 2.50. The highest BCUT2D eigenvalue weighted by Gasteiger charge is 2.43. The normalized spacial score (nSPS) is 19.6. The van der Waals surface area contributed by atoms with Crippen LogP contribution in [0.15, 0.2) is 36.5 Å². The van der Waals surface area contributed by atoms with Crippen LogP contribution < -0.4 is 4.57 Å². The molecular formula is C13H15BN+. The summed E-state index contributed by atoms with van der Waals surface area (Å²) >= 11 is 0. The Bertz CT molecular complexity index is 521. The van der Waals surface area contributed by atoms with Gasteiger partial charge in [0.1, 0.15) is 7.05 Å². The highest BCUT2D eigenvalue weighted by atomic mass is 14.9. The van der Waals surface area contributed by atoms with Gasteiger partial charge in [-0.05, 0) is 11.5 Å². The van der Waals surface area contributed by atoms with Gasteiger partial charge < -0.3 is 0 Å². The molecule has 15 heavy (non-hydrogen) atoms. The van der Waals surface area contributed by atoms with E-state index in [4.69, 9.17) is 0 Å². The van der Waals surface area contributed by atoms with Gasteiger partial charge in [0.25, 0.3) is 0 Å². The third-order valence-corrected chi connectivity index (χ3v) is 3.56. The Balaban J connectivity index is 2.29. The minimum absolute atomic E-state index is 0.779. The van der Waals surface area contributed by atoms with E-state index in [9.17, 15) is 0 Å². The van der Waals surface area contributed by atoms with E-state index in [1.165, 1.54) is 22.8 Å². The minimum atomic E-state index is 0.779. The number of benzene rings is 1. The molecule has 1 aromatic carbocycles. The summed E-state index contributed by atoms with van der Waals surface area (Å²) < 4.78 is 2.29. The van der Waals surface area contributed by atoms with Crippen LogP contribution in [-0.2, 0) is 7.05 Å². The second-order valence-corrected chi connectivity index (χ2v) is 4.72. The van der Waals surface area contributed by atoms with Gasteiger partial charge >= 0.3 is 0 Å². The lowest BCUT2D eigenvalue weighted by Gasteiger charge is -2.03. The fraction of sp³-hybridized carbons (Fsp3) is 0.308. The molecule has 1 fully saturated rings. The Morgan fingerprint density at radius 2 is 2.00 bits per heavy atom. The van der Waals surface area contributed by atoms with E-state index in [0.29, 0.717) is 0 Å². The smallest absolute Gasteiger partial charge is 0.184 e. The highest BCUT2D eigenvalue weighted by molar-refractivity contribution is 6.70. The van der Waals surface area contributed by atoms with E-state index in [-0.39, 0.29) is 0 Å². The van der Waals surface area contributed by atoms with Crippen molar-refractivity contribution >= 4 is 17.5 Å². The Labute approximate surface area is 90.8 Å². The summed E-state index contributed by atoms with van der Waals surface area (Å²) in [4.78, 5) is 0. The van der Waals surface area contributed by atoms with Gasteiger partial charge in [-0.2, -0.15) is 0 Å². The van der Waals surface area contributed by atoms with E-state index < -0.39 is 0 Å². The lowest BCUT2D eigenvalue weighted by Crippen LogP contribution is -2.33. The van der Waals surface area contributed by atoms with Crippen molar-refractivity contribution < 1.29 is 4.57 Å². The van der Waals surface area contributed by atoms with Crippen LogP contribution >= 0.6 is 0 Å². The molecule has 0 amide bonds. The standard InChI is InChI=1S/C13H15BN/c1-14-9-12(14)13-11-6-4-3-5-10(11)7-8-15(13)2/h3-8,12H,9H2,1-2H3/q+1. The quantitative estimate of drug-likeness (QED) is 0.487. The zero-order chi connectivity index (χ0) is 10.4. The SMILES string of the molecule is CB1CC1c1c2ccccc2cc[n+]1C. The van der Waals surface area contributed by atoms with Crippen LogP contribution in [0, 0.1) is 0 Å². The van der Waals surface area contributed by atoms with Gasteiger partial charge in [-0.1, -0.05) is 31.3 Å². The largest absolute Gasteiger partial charge is 0.205 e. The van der Waals surface area contributed by atoms with Crippen molar-refractivity contribution in [3.8, 4) is 0 Å². The molecule has 3 rings (SSSR count). The van der Waals surface area contributed by atoms with Crippen molar-refractivity contribution in [2.45, 2.75) is 19.0 Å². The maximum atomic E-state index is 2.34. The van der Waals surface area contributed by atoms with Crippen molar-refractivity contribution in [2.75, 3.05) is 0 Å². The first-order valence-corrected chi connectivity index (χ1v) is 5.64. The Morgan fingerprint density at radius 3 is 2.73 bits per heavy atom. The Hall–Kier alpha value is -1.31. The summed E-state index contributed by atoms with van der Waals surface area (Å²) in [6, 6.07) is 10.9. The van der Waals surface area contributed by atoms with Crippen molar-refractivity contribution in [3.05, 3.63) is 42.2 Å². The molecule has 0 radical (unpaired) electrons. The predicted octanol–water partition coefficient (Wildman–Crippen LogP) is 2.43. The summed E-state index contributed by atoms with van der Waals surface area (Å²) in [5.41, 5.74) is 1.51. The minimum Gasteiger partial charge on any atom is -0.205 e. The fourth-order valence-electron chi connectivity index (χ4n) is 2.50. The molecule has 1 nitrogen and oxygen atoms in total. The maximum absolute atomic E-state index is 2.34. The Morgan fingerprint density at radius 1 is 1.27 bits per heavy atom. The molecule has 0 bridgehead atoms. The first-order valence-electron chi connectivity index (χ1n) is 5.64. The number of hydrogen-bond acceptors (Lipinski definition) is 0. The third-order valence-electron chi connectivity index (χ3n) is 3.56. The third kappa shape index (κ3) is 1.36. The van der Waals surface area contributed by atoms with Crippen molar-refractivity contribution in [1.82, 2.24) is 0 Å². The van der Waals surface area contributed by atoms with Gasteiger partial charge in [-0.25, -0.2) is 4.57 Å². The van der Waals surface area contributed by atoms with Gasteiger partial charge in [0.2, 0.25) is 0 Å². The second-order valence-electron chi connectivity index (χ2n) is 4.72. The second kappa shape index (κ2) is 3.09. The zero-order valence-corrected chi connectivity index (χ0v) is 9.27. The van der Waals surface area contributed by atoms with Crippen LogP contribution in [0.1, 0.15) is 11.5 Å². The van der Waals surface area contributed by atoms with Crippen LogP contribution in [0.5, 0.6) is 0 Å². The summed E-state index contributed by atoms with van der Waals surface area (Å²) in [6.45, 7) is 3.20. The van der Waals surface area contributed by atoms with E-state index >= 15 is 0 Å². The zero-order valence-electron chi connectivity index (χ0n) is 9.27. The summed E-state index contributed by atoms with van der Waals surface area (Å²) in [5, 5.41) is 2.79. The van der Waals surface area contributed by atoms with Crippen LogP contribution in [0.4, 0.5) is 0 Å². The van der Waals surface area contributed by atoms with Crippen LogP contribution in [0.3, 0.4) is 0 Å². The average molecular weight is 196 g/mol. The number of nitrogens with zero attached hydrogens (tertiary/aromatic N) is 1. The molecule has 74 valence electrons. The van der Waals surface area contributed by atoms with Crippen LogP contribution in [0.2, 0.25) is 13.1 Å². The van der Waals surface area contributed by atoms with Gasteiger partial charge in [0.05, 0.1) is 0 Å². The number of aromatic nitrogens is 1. The molecule has 1 unspecified atom stereocenters. The number of hydrogen-bond donors (Lipinski definition) is 0. The predicted molar refractivity (Wildman–Crippen MR) is 64.3 cm³/mol. The molecule has 2 heteroatoms. The average Bonchev–Trinajstić information content (AvgIpc) is 2.95. The first-order chi connectivity index (χ1) is 7.27. The molecule has 1 atom stereocenters. The number of aryl methyl sites for hydroxylation is 1. The van der Waals surface area contributed by atoms with Gasteiger partial charge in [-0.3, -0.25) is 0 Å². The highest BCUT2D eigenvalue weighted by Crippen LogP contribution is 2.41. The van der Waals surface area contributed by atoms with Gasteiger partial charge in [-0.15, -0.1) is 0 Å². The molecule has 1 aliphatic heterocycles. The van der Waals surface area contributed by atoms with Gasteiger partial charge in [0, 0.05) is 17.3 Å². The van der Waals surface area contributed by atoms with Crippen molar-refractivity contribution in [3.63, 3.8) is 0 Å². The molecule has 0 aliphatic carbocycles. The van der Waals surface area contributed by atoms with Crippen LogP contribution in [0.25, 0.3) is 10.8 Å². The van der Waals surface area contributed by atoms with Crippen molar-refractivity contribution in [2.24, 2.45) is 7.05 Å². The number of rotatable bonds is 1. The van der Waals surface area contributed by atoms with Crippen LogP contribution in [-0.4, -0.2) is 6.71 Å². The molecule has 2 aromatic rings. The first kappa shape index (κ1) is 8.96. The topological polar surface area (TPSA) is 3.88 Å². The molecule has 1 saturated heterocycles. The van der Waals surface area contributed by atoms with E-state index in [1.807, 2.05) is 0 Å². The maximum Gasteiger partial charge on any atom is 0.184 e. The number of fused-ring (bicyclic) bond motifs is 1. The van der Waals surface area contributed by atoms with E-state index in [0.717, 1.165) is 12.5 Å². The molecule has 1 aromatic heterocycles. The molecule has 2 heterocycles. The van der Waals surface area contributed by atoms with E-state index in [2.05, 4.69) is 55.0 Å².